The number of carboxylic acids is 1. The van der Waals surface area contributed by atoms with E-state index in [1.165, 1.54) is 6.08 Å². The Morgan fingerprint density at radius 2 is 1.67 bits per heavy atom. The lowest BCUT2D eigenvalue weighted by atomic mass is 10.1. The lowest BCUT2D eigenvalue weighted by Gasteiger charge is -2.16. The van der Waals surface area contributed by atoms with Crippen LogP contribution in [-0.2, 0) is 4.79 Å². The second-order valence-corrected chi connectivity index (χ2v) is 6.30. The molecule has 1 aromatic rings. The molecule has 5 heteroatoms. The highest BCUT2D eigenvalue weighted by molar-refractivity contribution is 5.96. The van der Waals surface area contributed by atoms with E-state index in [-0.39, 0.29) is 23.6 Å². The SMILES string of the molecule is C=C(/C=C\C)C(=O)O.CCC(=O)c1cc(OC(C)C)cc(OC(C)CC)c1. The molecule has 0 heterocycles. The molecule has 0 aliphatic carbocycles. The Bertz CT molecular complexity index is 659. The Kier molecular flexibility index (Phi) is 11.5. The van der Waals surface area contributed by atoms with Gasteiger partial charge in [-0.2, -0.15) is 0 Å². The van der Waals surface area contributed by atoms with E-state index in [0.29, 0.717) is 23.5 Å². The van der Waals surface area contributed by atoms with Crippen LogP contribution in [0, 0.1) is 0 Å². The lowest BCUT2D eigenvalue weighted by Crippen LogP contribution is -2.11. The summed E-state index contributed by atoms with van der Waals surface area (Å²) in [6.45, 7) is 14.9. The van der Waals surface area contributed by atoms with Crippen LogP contribution in [0.25, 0.3) is 0 Å². The summed E-state index contributed by atoms with van der Waals surface area (Å²) in [5, 5.41) is 8.16. The van der Waals surface area contributed by atoms with E-state index < -0.39 is 5.97 Å². The van der Waals surface area contributed by atoms with Gasteiger partial charge in [-0.25, -0.2) is 4.79 Å². The number of allylic oxidation sites excluding steroid dienone is 1. The Morgan fingerprint density at radius 3 is 2.04 bits per heavy atom. The van der Waals surface area contributed by atoms with Crippen molar-refractivity contribution >= 4 is 11.8 Å². The van der Waals surface area contributed by atoms with Crippen molar-refractivity contribution in [3.05, 3.63) is 48.1 Å². The molecular weight excluding hydrogens is 344 g/mol. The van der Waals surface area contributed by atoms with Crippen molar-refractivity contribution in [1.29, 1.82) is 0 Å². The number of hydrogen-bond donors (Lipinski definition) is 1. The van der Waals surface area contributed by atoms with Crippen LogP contribution < -0.4 is 9.47 Å². The molecular formula is C22H32O5. The molecule has 1 aromatic carbocycles. The first-order valence-corrected chi connectivity index (χ1v) is 9.20. The second kappa shape index (κ2) is 12.7. The van der Waals surface area contributed by atoms with Crippen LogP contribution in [0.5, 0.6) is 11.5 Å². The number of Topliss-reactive ketones (excluding diaryl/α,β-unsaturated/α-hetero) is 1. The van der Waals surface area contributed by atoms with Crippen molar-refractivity contribution in [3.63, 3.8) is 0 Å². The number of carbonyl (C=O) groups is 2. The van der Waals surface area contributed by atoms with Crippen molar-refractivity contribution in [2.45, 2.75) is 66.6 Å². The van der Waals surface area contributed by atoms with Gasteiger partial charge in [-0.05, 0) is 46.2 Å². The van der Waals surface area contributed by atoms with E-state index in [1.54, 1.807) is 25.1 Å². The molecule has 5 nitrogen and oxygen atoms in total. The third-order valence-corrected chi connectivity index (χ3v) is 3.45. The summed E-state index contributed by atoms with van der Waals surface area (Å²) in [6, 6.07) is 5.43. The quantitative estimate of drug-likeness (QED) is 0.352. The Hall–Kier alpha value is -2.56. The van der Waals surface area contributed by atoms with E-state index >= 15 is 0 Å². The highest BCUT2D eigenvalue weighted by Crippen LogP contribution is 2.26. The van der Waals surface area contributed by atoms with Crippen LogP contribution in [0.3, 0.4) is 0 Å². The number of ketones is 1. The molecule has 0 spiro atoms. The lowest BCUT2D eigenvalue weighted by molar-refractivity contribution is -0.132. The predicted octanol–water partition coefficient (Wildman–Crippen LogP) is 5.45. The first kappa shape index (κ1) is 24.4. The number of carbonyl (C=O) groups excluding carboxylic acids is 1. The minimum absolute atomic E-state index is 0.0726. The van der Waals surface area contributed by atoms with Crippen LogP contribution in [0.4, 0.5) is 0 Å². The van der Waals surface area contributed by atoms with Crippen molar-refractivity contribution in [2.24, 2.45) is 0 Å². The Morgan fingerprint density at radius 1 is 1.11 bits per heavy atom. The second-order valence-electron chi connectivity index (χ2n) is 6.30. The molecule has 1 rings (SSSR count). The van der Waals surface area contributed by atoms with Gasteiger partial charge in [0.1, 0.15) is 11.5 Å². The molecule has 1 unspecified atom stereocenters. The standard InChI is InChI=1S/C16H24O3.C6H8O2/c1-6-12(5)19-15-9-13(16(17)7-2)8-14(10-15)18-11(3)4;1-3-4-5(2)6(7)8/h8-12H,6-7H2,1-5H3;3-4H,2H2,1H3,(H,7,8)/b;4-3-. The van der Waals surface area contributed by atoms with Crippen LogP contribution >= 0.6 is 0 Å². The van der Waals surface area contributed by atoms with E-state index in [4.69, 9.17) is 14.6 Å². The third-order valence-electron chi connectivity index (χ3n) is 3.45. The van der Waals surface area contributed by atoms with Gasteiger partial charge in [-0.1, -0.05) is 32.6 Å². The number of hydrogen-bond acceptors (Lipinski definition) is 4. The predicted molar refractivity (Wildman–Crippen MR) is 109 cm³/mol. The van der Waals surface area contributed by atoms with Gasteiger partial charge >= 0.3 is 5.97 Å². The number of rotatable bonds is 9. The Balaban J connectivity index is 0.000000713. The van der Waals surface area contributed by atoms with E-state index in [9.17, 15) is 9.59 Å². The summed E-state index contributed by atoms with van der Waals surface area (Å²) in [4.78, 5) is 21.8. The highest BCUT2D eigenvalue weighted by Gasteiger charge is 2.11. The average molecular weight is 376 g/mol. The molecule has 0 aliphatic heterocycles. The van der Waals surface area contributed by atoms with Gasteiger partial charge in [0.05, 0.1) is 17.8 Å². The molecule has 0 amide bonds. The zero-order chi connectivity index (χ0) is 21.0. The Labute approximate surface area is 162 Å². The molecule has 0 aromatic heterocycles. The monoisotopic (exact) mass is 376 g/mol. The fourth-order valence-corrected chi connectivity index (χ4v) is 1.93. The average Bonchev–Trinajstić information content (AvgIpc) is 2.60. The van der Waals surface area contributed by atoms with Crippen LogP contribution in [0.15, 0.2) is 42.5 Å². The molecule has 1 atom stereocenters. The van der Waals surface area contributed by atoms with Gasteiger partial charge in [0.2, 0.25) is 0 Å². The smallest absolute Gasteiger partial charge is 0.335 e. The topological polar surface area (TPSA) is 72.8 Å². The molecule has 0 saturated heterocycles. The minimum atomic E-state index is -0.969. The van der Waals surface area contributed by atoms with Crippen LogP contribution in [-0.4, -0.2) is 29.1 Å². The molecule has 0 fully saturated rings. The van der Waals surface area contributed by atoms with Crippen molar-refractivity contribution in [2.75, 3.05) is 0 Å². The summed E-state index contributed by atoms with van der Waals surface area (Å²) in [7, 11) is 0. The van der Waals surface area contributed by atoms with Crippen molar-refractivity contribution in [1.82, 2.24) is 0 Å². The maximum atomic E-state index is 11.8. The molecule has 27 heavy (non-hydrogen) atoms. The van der Waals surface area contributed by atoms with Gasteiger partial charge in [0, 0.05) is 18.1 Å². The molecule has 150 valence electrons. The first-order chi connectivity index (χ1) is 12.6. The summed E-state index contributed by atoms with van der Waals surface area (Å²) in [5.41, 5.74) is 0.770. The van der Waals surface area contributed by atoms with E-state index in [1.807, 2.05) is 33.8 Å². The summed E-state index contributed by atoms with van der Waals surface area (Å²) in [5.74, 6) is 0.517. The highest BCUT2D eigenvalue weighted by atomic mass is 16.5. The van der Waals surface area contributed by atoms with Gasteiger partial charge in [0.25, 0.3) is 0 Å². The number of ether oxygens (including phenoxy) is 2. The zero-order valence-corrected chi connectivity index (χ0v) is 17.2. The molecule has 1 N–H and O–H groups in total. The first-order valence-electron chi connectivity index (χ1n) is 9.20. The summed E-state index contributed by atoms with van der Waals surface area (Å²) in [6.07, 6.45) is 4.68. The summed E-state index contributed by atoms with van der Waals surface area (Å²) < 4.78 is 11.5. The van der Waals surface area contributed by atoms with Crippen molar-refractivity contribution < 1.29 is 24.2 Å². The summed E-state index contributed by atoms with van der Waals surface area (Å²) >= 11 is 0. The van der Waals surface area contributed by atoms with E-state index in [2.05, 4.69) is 13.5 Å². The normalized spacial score (nSPS) is 11.5. The molecule has 0 saturated carbocycles. The molecule has 0 radical (unpaired) electrons. The van der Waals surface area contributed by atoms with Crippen molar-refractivity contribution in [3.8, 4) is 11.5 Å². The van der Waals surface area contributed by atoms with E-state index in [0.717, 1.165) is 6.42 Å². The molecule has 0 bridgehead atoms. The van der Waals surface area contributed by atoms with Crippen LogP contribution in [0.2, 0.25) is 0 Å². The number of aliphatic carboxylic acids is 1. The third kappa shape index (κ3) is 10.2. The van der Waals surface area contributed by atoms with Gasteiger partial charge in [-0.3, -0.25) is 4.79 Å². The largest absolute Gasteiger partial charge is 0.491 e. The van der Waals surface area contributed by atoms with Gasteiger partial charge < -0.3 is 14.6 Å². The fraction of sp³-hybridized carbons (Fsp3) is 0.455. The number of carboxylic acid groups (broad SMARTS) is 1. The maximum Gasteiger partial charge on any atom is 0.335 e. The fourth-order valence-electron chi connectivity index (χ4n) is 1.93. The van der Waals surface area contributed by atoms with Gasteiger partial charge in [-0.15, -0.1) is 0 Å². The van der Waals surface area contributed by atoms with Crippen LogP contribution in [0.1, 0.15) is 64.7 Å². The molecule has 0 aliphatic rings. The number of benzene rings is 1. The van der Waals surface area contributed by atoms with Gasteiger partial charge in [0.15, 0.2) is 5.78 Å². The zero-order valence-electron chi connectivity index (χ0n) is 17.2. The maximum absolute atomic E-state index is 11.8. The minimum Gasteiger partial charge on any atom is -0.491 e.